The van der Waals surface area contributed by atoms with Crippen LogP contribution in [0.4, 0.5) is 5.69 Å². The van der Waals surface area contributed by atoms with Gasteiger partial charge in [-0.15, -0.1) is 0 Å². The van der Waals surface area contributed by atoms with Crippen molar-refractivity contribution in [3.63, 3.8) is 0 Å². The van der Waals surface area contributed by atoms with Gasteiger partial charge in [0.2, 0.25) is 0 Å². The molecule has 6 heteroatoms. The lowest BCUT2D eigenvalue weighted by Gasteiger charge is -2.20. The molecule has 0 aliphatic carbocycles. The maximum atomic E-state index is 12.7. The number of para-hydroxylation sites is 1. The van der Waals surface area contributed by atoms with E-state index in [1.807, 2.05) is 49.3 Å². The van der Waals surface area contributed by atoms with Gasteiger partial charge in [0.1, 0.15) is 11.5 Å². The van der Waals surface area contributed by atoms with Gasteiger partial charge in [-0.3, -0.25) is 9.59 Å². The quantitative estimate of drug-likeness (QED) is 0.626. The van der Waals surface area contributed by atoms with Crippen LogP contribution >= 0.6 is 0 Å². The van der Waals surface area contributed by atoms with Gasteiger partial charge in [-0.25, -0.2) is 0 Å². The third-order valence-electron chi connectivity index (χ3n) is 5.67. The largest absolute Gasteiger partial charge is 0.457 e. The van der Waals surface area contributed by atoms with Crippen molar-refractivity contribution in [2.75, 3.05) is 32.5 Å². The number of likely N-dealkylation sites (tertiary alicyclic amines) is 1. The van der Waals surface area contributed by atoms with Crippen molar-refractivity contribution in [1.29, 1.82) is 0 Å². The molecular weight excluding hydrogens is 402 g/mol. The molecule has 0 radical (unpaired) electrons. The van der Waals surface area contributed by atoms with Crippen molar-refractivity contribution in [3.8, 4) is 11.5 Å². The van der Waals surface area contributed by atoms with E-state index in [9.17, 15) is 9.59 Å². The maximum absolute atomic E-state index is 12.7. The molecule has 6 nitrogen and oxygen atoms in total. The van der Waals surface area contributed by atoms with Crippen LogP contribution in [0.15, 0.2) is 78.9 Å². The van der Waals surface area contributed by atoms with Gasteiger partial charge in [0, 0.05) is 35.9 Å². The van der Waals surface area contributed by atoms with Crippen LogP contribution in [-0.4, -0.2) is 54.8 Å². The minimum absolute atomic E-state index is 0.0289. The Hall–Kier alpha value is -3.64. The molecule has 1 N–H and O–H groups in total. The lowest BCUT2D eigenvalue weighted by atomic mass is 10.1. The van der Waals surface area contributed by atoms with Crippen LogP contribution in [0.25, 0.3) is 0 Å². The molecule has 0 aromatic heterocycles. The summed E-state index contributed by atoms with van der Waals surface area (Å²) in [6.07, 6.45) is 0.988. The summed E-state index contributed by atoms with van der Waals surface area (Å²) < 4.78 is 5.76. The first kappa shape index (κ1) is 21.6. The zero-order valence-corrected chi connectivity index (χ0v) is 18.3. The highest BCUT2D eigenvalue weighted by atomic mass is 16.5. The maximum Gasteiger partial charge on any atom is 0.255 e. The molecule has 164 valence electrons. The number of carbonyl (C=O) groups excluding carboxylic acids is 2. The van der Waals surface area contributed by atoms with Gasteiger partial charge < -0.3 is 19.9 Å². The van der Waals surface area contributed by atoms with E-state index in [1.165, 1.54) is 0 Å². The molecule has 1 fully saturated rings. The lowest BCUT2D eigenvalue weighted by molar-refractivity contribution is 0.0783. The van der Waals surface area contributed by atoms with Crippen LogP contribution in [0.2, 0.25) is 0 Å². The van der Waals surface area contributed by atoms with E-state index in [0.717, 1.165) is 25.3 Å². The van der Waals surface area contributed by atoms with Crippen LogP contribution in [0.3, 0.4) is 0 Å². The third kappa shape index (κ3) is 5.15. The minimum atomic E-state index is -0.219. The molecule has 0 bridgehead atoms. The normalized spacial score (nSPS) is 15.6. The topological polar surface area (TPSA) is 61.9 Å². The first-order valence-electron chi connectivity index (χ1n) is 10.7. The number of likely N-dealkylation sites (N-methyl/N-ethyl adjacent to an activating group) is 1. The second-order valence-corrected chi connectivity index (χ2v) is 8.13. The summed E-state index contributed by atoms with van der Waals surface area (Å²) in [6, 6.07) is 23.9. The summed E-state index contributed by atoms with van der Waals surface area (Å²) in [7, 11) is 4.08. The van der Waals surface area contributed by atoms with Crippen LogP contribution in [0.1, 0.15) is 27.1 Å². The number of amides is 2. The Kier molecular flexibility index (Phi) is 6.52. The Bertz CT molecular complexity index is 1060. The molecule has 2 amide bonds. The molecule has 4 rings (SSSR count). The number of rotatable bonds is 6. The Labute approximate surface area is 188 Å². The number of benzene rings is 3. The average Bonchev–Trinajstić information content (AvgIpc) is 3.31. The van der Waals surface area contributed by atoms with Crippen molar-refractivity contribution in [3.05, 3.63) is 90.0 Å². The van der Waals surface area contributed by atoms with E-state index in [-0.39, 0.29) is 11.8 Å². The summed E-state index contributed by atoms with van der Waals surface area (Å²) in [6.45, 7) is 1.51. The number of anilines is 1. The summed E-state index contributed by atoms with van der Waals surface area (Å²) >= 11 is 0. The summed E-state index contributed by atoms with van der Waals surface area (Å²) in [5.41, 5.74) is 1.80. The molecule has 1 aliphatic heterocycles. The highest BCUT2D eigenvalue weighted by molar-refractivity contribution is 6.04. The van der Waals surface area contributed by atoms with Crippen LogP contribution in [-0.2, 0) is 0 Å². The van der Waals surface area contributed by atoms with Crippen molar-refractivity contribution in [2.24, 2.45) is 0 Å². The van der Waals surface area contributed by atoms with Gasteiger partial charge in [-0.1, -0.05) is 18.2 Å². The zero-order valence-electron chi connectivity index (χ0n) is 18.3. The predicted octanol–water partition coefficient (Wildman–Crippen LogP) is 4.51. The predicted molar refractivity (Wildman–Crippen MR) is 125 cm³/mol. The van der Waals surface area contributed by atoms with Crippen molar-refractivity contribution in [1.82, 2.24) is 9.80 Å². The van der Waals surface area contributed by atoms with Gasteiger partial charge in [0.25, 0.3) is 11.8 Å². The molecule has 1 atom stereocenters. The number of nitrogens with zero attached hydrogens (tertiary/aromatic N) is 2. The minimum Gasteiger partial charge on any atom is -0.457 e. The highest BCUT2D eigenvalue weighted by Gasteiger charge is 2.27. The molecule has 1 unspecified atom stereocenters. The second-order valence-electron chi connectivity index (χ2n) is 8.13. The Morgan fingerprint density at radius 1 is 0.875 bits per heavy atom. The number of ether oxygens (including phenoxy) is 1. The molecule has 0 spiro atoms. The van der Waals surface area contributed by atoms with Gasteiger partial charge in [0.15, 0.2) is 0 Å². The van der Waals surface area contributed by atoms with E-state index < -0.39 is 0 Å². The molecular formula is C26H27N3O3. The zero-order chi connectivity index (χ0) is 22.5. The molecule has 3 aromatic rings. The lowest BCUT2D eigenvalue weighted by Crippen LogP contribution is -2.34. The number of carbonyl (C=O) groups is 2. The van der Waals surface area contributed by atoms with Crippen LogP contribution < -0.4 is 10.1 Å². The highest BCUT2D eigenvalue weighted by Crippen LogP contribution is 2.22. The number of nitrogens with one attached hydrogen (secondary N) is 1. The Balaban J connectivity index is 1.34. The SMILES string of the molecule is CN(C)C1CCN(C(=O)c2ccc(NC(=O)c3ccc(Oc4ccccc4)cc3)cc2)C1. The molecule has 32 heavy (non-hydrogen) atoms. The average molecular weight is 430 g/mol. The fraction of sp³-hybridized carbons (Fsp3) is 0.231. The first-order chi connectivity index (χ1) is 15.5. The Morgan fingerprint density at radius 2 is 1.50 bits per heavy atom. The van der Waals surface area contributed by atoms with Crippen molar-refractivity contribution < 1.29 is 14.3 Å². The number of hydrogen-bond donors (Lipinski definition) is 1. The van der Waals surface area contributed by atoms with Gasteiger partial charge in [0.05, 0.1) is 0 Å². The van der Waals surface area contributed by atoms with Gasteiger partial charge in [-0.2, -0.15) is 0 Å². The monoisotopic (exact) mass is 429 g/mol. The molecule has 1 aliphatic rings. The first-order valence-corrected chi connectivity index (χ1v) is 10.7. The van der Waals surface area contributed by atoms with E-state index >= 15 is 0 Å². The van der Waals surface area contributed by atoms with E-state index in [4.69, 9.17) is 4.74 Å². The second kappa shape index (κ2) is 9.66. The van der Waals surface area contributed by atoms with Crippen LogP contribution in [0, 0.1) is 0 Å². The molecule has 3 aromatic carbocycles. The third-order valence-corrected chi connectivity index (χ3v) is 5.67. The summed E-state index contributed by atoms with van der Waals surface area (Å²) in [5, 5.41) is 2.87. The summed E-state index contributed by atoms with van der Waals surface area (Å²) in [5.74, 6) is 1.21. The molecule has 1 heterocycles. The van der Waals surface area contributed by atoms with Crippen molar-refractivity contribution >= 4 is 17.5 Å². The van der Waals surface area contributed by atoms with Crippen LogP contribution in [0.5, 0.6) is 11.5 Å². The fourth-order valence-electron chi connectivity index (χ4n) is 3.73. The van der Waals surface area contributed by atoms with Gasteiger partial charge in [-0.05, 0) is 81.2 Å². The van der Waals surface area contributed by atoms with E-state index in [0.29, 0.717) is 28.6 Å². The molecule has 0 saturated carbocycles. The fourth-order valence-corrected chi connectivity index (χ4v) is 3.73. The van der Waals surface area contributed by atoms with Crippen molar-refractivity contribution in [2.45, 2.75) is 12.5 Å². The number of hydrogen-bond acceptors (Lipinski definition) is 4. The Morgan fingerprint density at radius 3 is 2.12 bits per heavy atom. The standard InChI is InChI=1S/C26H27N3O3/c1-28(2)22-16-17-29(18-22)26(31)20-8-12-21(13-9-20)27-25(30)19-10-14-24(15-11-19)32-23-6-4-3-5-7-23/h3-15,22H,16-18H2,1-2H3,(H,27,30). The smallest absolute Gasteiger partial charge is 0.255 e. The van der Waals surface area contributed by atoms with Gasteiger partial charge >= 0.3 is 0 Å². The summed E-state index contributed by atoms with van der Waals surface area (Å²) in [4.78, 5) is 29.4. The van der Waals surface area contributed by atoms with E-state index in [1.54, 1.807) is 48.5 Å². The van der Waals surface area contributed by atoms with E-state index in [2.05, 4.69) is 10.2 Å². The molecule has 1 saturated heterocycles.